The van der Waals surface area contributed by atoms with Gasteiger partial charge in [-0.25, -0.2) is 4.98 Å². The average Bonchev–Trinajstić information content (AvgIpc) is 2.97. The molecule has 0 radical (unpaired) electrons. The van der Waals surface area contributed by atoms with Gasteiger partial charge in [0.05, 0.1) is 10.2 Å². The summed E-state index contributed by atoms with van der Waals surface area (Å²) in [6, 6.07) is 8.78. The summed E-state index contributed by atoms with van der Waals surface area (Å²) in [6.45, 7) is 2.19. The maximum absolute atomic E-state index is 4.62. The first-order valence-electron chi connectivity index (χ1n) is 6.04. The van der Waals surface area contributed by atoms with E-state index in [4.69, 9.17) is 0 Å². The molecule has 0 aliphatic carbocycles. The quantitative estimate of drug-likeness (QED) is 0.700. The van der Waals surface area contributed by atoms with Gasteiger partial charge in [-0.15, -0.1) is 0 Å². The Morgan fingerprint density at radius 1 is 1.37 bits per heavy atom. The lowest BCUT2D eigenvalue weighted by Gasteiger charge is -2.11. The van der Waals surface area contributed by atoms with E-state index in [1.165, 1.54) is 10.3 Å². The molecular formula is C14H13BrN2S2. The molecule has 1 aromatic carbocycles. The Hall–Kier alpha value is -0.910. The standard InChI is InChI=1S/C14H13BrN2S2/c1-9(6-10-4-5-18-8-10)16-14-17-12-7-11(15)2-3-13(12)19-14/h2-5,7-9H,6H2,1H3,(H,16,17). The van der Waals surface area contributed by atoms with Crippen LogP contribution in [0.4, 0.5) is 5.13 Å². The number of benzene rings is 1. The minimum Gasteiger partial charge on any atom is -0.359 e. The molecule has 1 N–H and O–H groups in total. The second kappa shape index (κ2) is 5.61. The highest BCUT2D eigenvalue weighted by Gasteiger charge is 2.08. The number of hydrogen-bond acceptors (Lipinski definition) is 4. The molecule has 2 heterocycles. The molecule has 98 valence electrons. The van der Waals surface area contributed by atoms with E-state index in [1.807, 2.05) is 0 Å². The lowest BCUT2D eigenvalue weighted by atomic mass is 10.1. The van der Waals surface area contributed by atoms with E-state index >= 15 is 0 Å². The van der Waals surface area contributed by atoms with Gasteiger partial charge in [-0.2, -0.15) is 11.3 Å². The second-order valence-electron chi connectivity index (χ2n) is 4.51. The first-order chi connectivity index (χ1) is 9.20. The number of hydrogen-bond donors (Lipinski definition) is 1. The number of nitrogens with zero attached hydrogens (tertiary/aromatic N) is 1. The summed E-state index contributed by atoms with van der Waals surface area (Å²) >= 11 is 6.93. The fraction of sp³-hybridized carbons (Fsp3) is 0.214. The molecule has 0 aliphatic heterocycles. The molecule has 2 nitrogen and oxygen atoms in total. The van der Waals surface area contributed by atoms with E-state index in [1.54, 1.807) is 22.7 Å². The normalized spacial score (nSPS) is 12.7. The highest BCUT2D eigenvalue weighted by molar-refractivity contribution is 9.10. The van der Waals surface area contributed by atoms with Crippen LogP contribution >= 0.6 is 38.6 Å². The molecule has 5 heteroatoms. The second-order valence-corrected chi connectivity index (χ2v) is 7.24. The number of thiophene rings is 1. The Morgan fingerprint density at radius 2 is 2.26 bits per heavy atom. The minimum absolute atomic E-state index is 0.388. The maximum atomic E-state index is 4.62. The molecule has 1 unspecified atom stereocenters. The van der Waals surface area contributed by atoms with Crippen molar-refractivity contribution < 1.29 is 0 Å². The molecule has 0 fully saturated rings. The summed E-state index contributed by atoms with van der Waals surface area (Å²) in [5.41, 5.74) is 2.43. The molecule has 0 amide bonds. The first-order valence-corrected chi connectivity index (χ1v) is 8.59. The predicted molar refractivity (Wildman–Crippen MR) is 88.4 cm³/mol. The van der Waals surface area contributed by atoms with Crippen LogP contribution in [0.2, 0.25) is 0 Å². The molecule has 3 rings (SSSR count). The Balaban J connectivity index is 1.74. The summed E-state index contributed by atoms with van der Waals surface area (Å²) in [7, 11) is 0. The van der Waals surface area contributed by atoms with Crippen molar-refractivity contribution in [2.45, 2.75) is 19.4 Å². The van der Waals surface area contributed by atoms with Crippen molar-refractivity contribution in [3.05, 3.63) is 45.1 Å². The number of rotatable bonds is 4. The summed E-state index contributed by atoms with van der Waals surface area (Å²) in [4.78, 5) is 4.62. The van der Waals surface area contributed by atoms with Crippen molar-refractivity contribution in [1.82, 2.24) is 4.98 Å². The van der Waals surface area contributed by atoms with Gasteiger partial charge in [-0.05, 0) is 53.9 Å². The van der Waals surface area contributed by atoms with Gasteiger partial charge < -0.3 is 5.32 Å². The van der Waals surface area contributed by atoms with Crippen LogP contribution in [-0.2, 0) is 6.42 Å². The van der Waals surface area contributed by atoms with Gasteiger partial charge in [0.25, 0.3) is 0 Å². The van der Waals surface area contributed by atoms with Crippen LogP contribution in [0.1, 0.15) is 12.5 Å². The Morgan fingerprint density at radius 3 is 3.05 bits per heavy atom. The van der Waals surface area contributed by atoms with Gasteiger partial charge in [-0.1, -0.05) is 27.3 Å². The van der Waals surface area contributed by atoms with Gasteiger partial charge in [0.15, 0.2) is 5.13 Å². The number of fused-ring (bicyclic) bond motifs is 1. The van der Waals surface area contributed by atoms with Crippen molar-refractivity contribution in [2.75, 3.05) is 5.32 Å². The zero-order valence-electron chi connectivity index (χ0n) is 10.4. The number of aromatic nitrogens is 1. The minimum atomic E-state index is 0.388. The largest absolute Gasteiger partial charge is 0.359 e. The van der Waals surface area contributed by atoms with Crippen LogP contribution in [-0.4, -0.2) is 11.0 Å². The van der Waals surface area contributed by atoms with Gasteiger partial charge in [-0.3, -0.25) is 0 Å². The molecule has 0 saturated carbocycles. The first kappa shape index (κ1) is 13.1. The zero-order chi connectivity index (χ0) is 13.2. The Labute approximate surface area is 128 Å². The monoisotopic (exact) mass is 352 g/mol. The molecule has 0 bridgehead atoms. The maximum Gasteiger partial charge on any atom is 0.184 e. The molecule has 0 spiro atoms. The third kappa shape index (κ3) is 3.16. The zero-order valence-corrected chi connectivity index (χ0v) is 13.6. The summed E-state index contributed by atoms with van der Waals surface area (Å²) in [5.74, 6) is 0. The van der Waals surface area contributed by atoms with Crippen LogP contribution in [0, 0.1) is 0 Å². The third-order valence-electron chi connectivity index (χ3n) is 2.84. The van der Waals surface area contributed by atoms with Crippen molar-refractivity contribution in [1.29, 1.82) is 0 Å². The van der Waals surface area contributed by atoms with Gasteiger partial charge >= 0.3 is 0 Å². The van der Waals surface area contributed by atoms with Crippen LogP contribution in [0.3, 0.4) is 0 Å². The number of anilines is 1. The van der Waals surface area contributed by atoms with E-state index in [0.717, 1.165) is 21.5 Å². The van der Waals surface area contributed by atoms with Crippen LogP contribution in [0.5, 0.6) is 0 Å². The van der Waals surface area contributed by atoms with Crippen molar-refractivity contribution in [3.8, 4) is 0 Å². The van der Waals surface area contributed by atoms with Crippen LogP contribution in [0.25, 0.3) is 10.2 Å². The van der Waals surface area contributed by atoms with Crippen molar-refractivity contribution in [2.24, 2.45) is 0 Å². The number of nitrogens with one attached hydrogen (secondary N) is 1. The van der Waals surface area contributed by atoms with Gasteiger partial charge in [0, 0.05) is 10.5 Å². The molecule has 2 aromatic heterocycles. The molecular weight excluding hydrogens is 340 g/mol. The topological polar surface area (TPSA) is 24.9 Å². The predicted octanol–water partition coefficient (Wildman–Crippen LogP) is 5.16. The summed E-state index contributed by atoms with van der Waals surface area (Å²) in [6.07, 6.45) is 1.03. The molecule has 0 saturated heterocycles. The number of thiazole rings is 1. The van der Waals surface area contributed by atoms with E-state index in [-0.39, 0.29) is 0 Å². The van der Waals surface area contributed by atoms with E-state index < -0.39 is 0 Å². The fourth-order valence-corrected chi connectivity index (χ4v) is 3.97. The van der Waals surface area contributed by atoms with Gasteiger partial charge in [0.1, 0.15) is 0 Å². The smallest absolute Gasteiger partial charge is 0.184 e. The highest BCUT2D eigenvalue weighted by Crippen LogP contribution is 2.28. The Bertz CT molecular complexity index is 676. The summed E-state index contributed by atoms with van der Waals surface area (Å²) in [5, 5.41) is 8.81. The van der Waals surface area contributed by atoms with E-state index in [0.29, 0.717) is 6.04 Å². The Kier molecular flexibility index (Phi) is 3.86. The van der Waals surface area contributed by atoms with E-state index in [2.05, 4.69) is 68.2 Å². The van der Waals surface area contributed by atoms with E-state index in [9.17, 15) is 0 Å². The van der Waals surface area contributed by atoms with Crippen molar-refractivity contribution in [3.63, 3.8) is 0 Å². The fourth-order valence-electron chi connectivity index (χ4n) is 1.99. The molecule has 1 atom stereocenters. The molecule has 0 aliphatic rings. The third-order valence-corrected chi connectivity index (χ3v) is 5.03. The lowest BCUT2D eigenvalue weighted by Crippen LogP contribution is -2.17. The van der Waals surface area contributed by atoms with Gasteiger partial charge in [0.2, 0.25) is 0 Å². The van der Waals surface area contributed by atoms with Crippen molar-refractivity contribution >= 4 is 54.0 Å². The SMILES string of the molecule is CC(Cc1ccsc1)Nc1nc2cc(Br)ccc2s1. The number of halogens is 1. The highest BCUT2D eigenvalue weighted by atomic mass is 79.9. The molecule has 3 aromatic rings. The van der Waals surface area contributed by atoms with Crippen LogP contribution < -0.4 is 5.32 Å². The molecule has 19 heavy (non-hydrogen) atoms. The lowest BCUT2D eigenvalue weighted by molar-refractivity contribution is 0.791. The average molecular weight is 353 g/mol. The summed E-state index contributed by atoms with van der Waals surface area (Å²) < 4.78 is 2.29. The van der Waals surface area contributed by atoms with Crippen LogP contribution in [0.15, 0.2) is 39.5 Å².